The van der Waals surface area contributed by atoms with Crippen LogP contribution in [0, 0.1) is 0 Å². The van der Waals surface area contributed by atoms with Gasteiger partial charge in [-0.25, -0.2) is 0 Å². The number of hydrogen-bond donors (Lipinski definition) is 0. The summed E-state index contributed by atoms with van der Waals surface area (Å²) >= 11 is 10.3. The molecule has 2 aromatic carbocycles. The van der Waals surface area contributed by atoms with Crippen LogP contribution in [0.2, 0.25) is 5.02 Å². The fourth-order valence-corrected chi connectivity index (χ4v) is 8.98. The molecule has 2 aromatic rings. The molecule has 2 aliphatic rings. The van der Waals surface area contributed by atoms with Crippen molar-refractivity contribution in [2.24, 2.45) is 0 Å². The molecule has 0 bridgehead atoms. The van der Waals surface area contributed by atoms with E-state index in [1.54, 1.807) is 21.3 Å². The van der Waals surface area contributed by atoms with E-state index < -0.39 is 0 Å². The van der Waals surface area contributed by atoms with E-state index in [1.165, 1.54) is 48.3 Å². The lowest BCUT2D eigenvalue weighted by molar-refractivity contribution is 0.158. The van der Waals surface area contributed by atoms with Gasteiger partial charge in [-0.15, -0.1) is 23.5 Å². The summed E-state index contributed by atoms with van der Waals surface area (Å²) in [4.78, 5) is 2.54. The molecule has 1 aliphatic heterocycles. The van der Waals surface area contributed by atoms with Gasteiger partial charge in [0.15, 0.2) is 11.5 Å². The number of thioether (sulfide) groups is 2. The van der Waals surface area contributed by atoms with E-state index in [0.717, 1.165) is 42.5 Å². The predicted octanol–water partition coefficient (Wildman–Crippen LogP) is 7.22. The van der Waals surface area contributed by atoms with Crippen molar-refractivity contribution in [2.45, 2.75) is 48.0 Å². The monoisotopic (exact) mass is 535 g/mol. The Morgan fingerprint density at radius 2 is 1.51 bits per heavy atom. The molecular formula is C28H38ClNO3S2. The van der Waals surface area contributed by atoms with Crippen molar-refractivity contribution in [1.82, 2.24) is 4.90 Å². The Hall–Kier alpha value is -1.21. The summed E-state index contributed by atoms with van der Waals surface area (Å²) in [6.45, 7) is 2.19. The van der Waals surface area contributed by atoms with E-state index in [4.69, 9.17) is 25.8 Å². The molecule has 1 saturated carbocycles. The van der Waals surface area contributed by atoms with Crippen LogP contribution in [0.1, 0.15) is 49.7 Å². The van der Waals surface area contributed by atoms with Crippen LogP contribution in [0.15, 0.2) is 36.4 Å². The number of ether oxygens (including phenoxy) is 3. The molecule has 0 atom stereocenters. The normalized spacial score (nSPS) is 18.7. The van der Waals surface area contributed by atoms with Crippen molar-refractivity contribution in [3.05, 3.63) is 52.5 Å². The lowest BCUT2D eigenvalue weighted by Crippen LogP contribution is -2.44. The van der Waals surface area contributed by atoms with E-state index in [-0.39, 0.29) is 9.49 Å². The minimum absolute atomic E-state index is 0.0102. The van der Waals surface area contributed by atoms with Crippen molar-refractivity contribution in [3.8, 4) is 17.2 Å². The van der Waals surface area contributed by atoms with Gasteiger partial charge in [-0.2, -0.15) is 0 Å². The number of nitrogens with zero attached hydrogens (tertiary/aromatic N) is 1. The van der Waals surface area contributed by atoms with Gasteiger partial charge >= 0.3 is 0 Å². The largest absolute Gasteiger partial charge is 0.493 e. The smallest absolute Gasteiger partial charge is 0.203 e. The highest BCUT2D eigenvalue weighted by Crippen LogP contribution is 2.56. The van der Waals surface area contributed by atoms with Crippen LogP contribution in [-0.4, -0.2) is 57.9 Å². The van der Waals surface area contributed by atoms with E-state index in [9.17, 15) is 0 Å². The second-order valence-electron chi connectivity index (χ2n) is 9.70. The second kappa shape index (κ2) is 11.9. The molecule has 0 radical (unpaired) electrons. The summed E-state index contributed by atoms with van der Waals surface area (Å²) < 4.78 is 16.9. The molecule has 0 unspecified atom stereocenters. The Morgan fingerprint density at radius 3 is 2.03 bits per heavy atom. The van der Waals surface area contributed by atoms with Gasteiger partial charge in [-0.1, -0.05) is 30.2 Å². The molecule has 0 N–H and O–H groups in total. The van der Waals surface area contributed by atoms with Crippen molar-refractivity contribution in [3.63, 3.8) is 0 Å². The zero-order chi connectivity index (χ0) is 24.9. The molecule has 7 heteroatoms. The van der Waals surface area contributed by atoms with Crippen LogP contribution < -0.4 is 14.2 Å². The fraction of sp³-hybridized carbons (Fsp3) is 0.571. The number of hydrogen-bond acceptors (Lipinski definition) is 6. The standard InChI is InChI=1S/C28H38ClNO3S2/c1-30(20-27(12-5-13-27)21-8-10-23(29)11-9-21)15-6-14-28(34-16-7-17-35-28)22-18-24(31-2)26(33-4)25(19-22)32-3/h8-11,18-19H,5-7,12-17,20H2,1-4H3. The van der Waals surface area contributed by atoms with Gasteiger partial charge < -0.3 is 19.1 Å². The summed E-state index contributed by atoms with van der Waals surface area (Å²) in [6.07, 6.45) is 7.35. The molecule has 1 heterocycles. The minimum atomic E-state index is 0.0102. The molecule has 0 amide bonds. The van der Waals surface area contributed by atoms with E-state index in [2.05, 4.69) is 59.7 Å². The van der Waals surface area contributed by atoms with Crippen molar-refractivity contribution >= 4 is 35.1 Å². The highest BCUT2D eigenvalue weighted by molar-refractivity contribution is 8.18. The molecule has 4 rings (SSSR count). The van der Waals surface area contributed by atoms with Gasteiger partial charge in [-0.3, -0.25) is 0 Å². The van der Waals surface area contributed by atoms with Crippen molar-refractivity contribution in [2.75, 3.05) is 53.0 Å². The summed E-state index contributed by atoms with van der Waals surface area (Å²) in [5.41, 5.74) is 2.98. The van der Waals surface area contributed by atoms with Gasteiger partial charge in [0.2, 0.25) is 5.75 Å². The molecule has 0 aromatic heterocycles. The highest BCUT2D eigenvalue weighted by Gasteiger charge is 2.40. The van der Waals surface area contributed by atoms with Crippen molar-refractivity contribution < 1.29 is 14.2 Å². The Labute approximate surface area is 224 Å². The fourth-order valence-electron chi connectivity index (χ4n) is 5.45. The van der Waals surface area contributed by atoms with E-state index in [0.29, 0.717) is 5.75 Å². The quantitative estimate of drug-likeness (QED) is 0.302. The molecule has 35 heavy (non-hydrogen) atoms. The molecular weight excluding hydrogens is 498 g/mol. The molecule has 192 valence electrons. The third kappa shape index (κ3) is 5.87. The first-order valence-electron chi connectivity index (χ1n) is 12.5. The number of methoxy groups -OCH3 is 3. The number of likely N-dealkylation sites (N-methyl/N-ethyl adjacent to an activating group) is 1. The maximum absolute atomic E-state index is 6.15. The van der Waals surface area contributed by atoms with Gasteiger partial charge in [0, 0.05) is 17.0 Å². The first-order chi connectivity index (χ1) is 16.9. The third-order valence-corrected chi connectivity index (χ3v) is 11.2. The van der Waals surface area contributed by atoms with Crippen LogP contribution in [0.4, 0.5) is 0 Å². The predicted molar refractivity (Wildman–Crippen MR) is 151 cm³/mol. The van der Waals surface area contributed by atoms with Gasteiger partial charge in [0.1, 0.15) is 0 Å². The number of halogens is 1. The zero-order valence-electron chi connectivity index (χ0n) is 21.4. The number of benzene rings is 2. The highest BCUT2D eigenvalue weighted by atomic mass is 35.5. The lowest BCUT2D eigenvalue weighted by Gasteiger charge is -2.45. The maximum atomic E-state index is 6.15. The topological polar surface area (TPSA) is 30.9 Å². The Morgan fingerprint density at radius 1 is 0.886 bits per heavy atom. The van der Waals surface area contributed by atoms with Crippen LogP contribution in [0.25, 0.3) is 0 Å². The van der Waals surface area contributed by atoms with Crippen molar-refractivity contribution in [1.29, 1.82) is 0 Å². The molecule has 4 nitrogen and oxygen atoms in total. The van der Waals surface area contributed by atoms with Gasteiger partial charge in [-0.05, 0) is 92.6 Å². The van der Waals surface area contributed by atoms with Crippen LogP contribution in [0.3, 0.4) is 0 Å². The van der Waals surface area contributed by atoms with Crippen LogP contribution in [0.5, 0.6) is 17.2 Å². The van der Waals surface area contributed by atoms with Gasteiger partial charge in [0.05, 0.1) is 25.4 Å². The SMILES string of the molecule is COc1cc(C2(CCCN(C)CC3(c4ccc(Cl)cc4)CCC3)SCCCS2)cc(OC)c1OC. The van der Waals surface area contributed by atoms with E-state index >= 15 is 0 Å². The Balaban J connectivity index is 1.46. The first kappa shape index (κ1) is 26.8. The molecule has 2 fully saturated rings. The molecule has 0 spiro atoms. The summed E-state index contributed by atoms with van der Waals surface area (Å²) in [7, 11) is 7.33. The number of rotatable bonds is 11. The van der Waals surface area contributed by atoms with Crippen LogP contribution in [-0.2, 0) is 9.49 Å². The Bertz CT molecular complexity index is 950. The third-order valence-electron chi connectivity index (χ3n) is 7.45. The van der Waals surface area contributed by atoms with Gasteiger partial charge in [0.25, 0.3) is 0 Å². The average molecular weight is 536 g/mol. The Kier molecular flexibility index (Phi) is 9.12. The summed E-state index contributed by atoms with van der Waals surface area (Å²) in [5.74, 6) is 4.49. The van der Waals surface area contributed by atoms with Crippen LogP contribution >= 0.6 is 35.1 Å². The summed E-state index contributed by atoms with van der Waals surface area (Å²) in [5, 5.41) is 0.816. The maximum Gasteiger partial charge on any atom is 0.203 e. The minimum Gasteiger partial charge on any atom is -0.493 e. The molecule has 1 saturated heterocycles. The summed E-state index contributed by atoms with van der Waals surface area (Å²) in [6, 6.07) is 12.8. The lowest BCUT2D eigenvalue weighted by atomic mass is 9.64. The second-order valence-corrected chi connectivity index (χ2v) is 13.2. The average Bonchev–Trinajstić information content (AvgIpc) is 2.86. The molecule has 1 aliphatic carbocycles. The first-order valence-corrected chi connectivity index (χ1v) is 14.8. The zero-order valence-corrected chi connectivity index (χ0v) is 23.8. The van der Waals surface area contributed by atoms with E-state index in [1.807, 2.05) is 12.1 Å².